The number of carbonyl (C=O) groups is 1. The van der Waals surface area contributed by atoms with Crippen LogP contribution in [0.4, 0.5) is 0 Å². The molecule has 1 aromatic heterocycles. The first-order chi connectivity index (χ1) is 15.2. The Bertz CT molecular complexity index is 962. The van der Waals surface area contributed by atoms with Gasteiger partial charge in [0.2, 0.25) is 0 Å². The maximum absolute atomic E-state index is 11.8. The van der Waals surface area contributed by atoms with Crippen LogP contribution in [0.5, 0.6) is 0 Å². The van der Waals surface area contributed by atoms with Crippen LogP contribution in [0.2, 0.25) is 0 Å². The molecule has 4 rings (SSSR count). The van der Waals surface area contributed by atoms with Crippen molar-refractivity contribution in [3.63, 3.8) is 0 Å². The van der Waals surface area contributed by atoms with E-state index < -0.39 is 0 Å². The second-order valence-corrected chi connectivity index (χ2v) is 8.53. The molecule has 2 heterocycles. The number of nitrogens with one attached hydrogen (secondary N) is 1. The molecule has 0 atom stereocenters. The van der Waals surface area contributed by atoms with E-state index in [-0.39, 0.29) is 11.3 Å². The van der Waals surface area contributed by atoms with Crippen LogP contribution in [0, 0.1) is 0 Å². The number of aromatic nitrogens is 1. The van der Waals surface area contributed by atoms with E-state index in [1.807, 2.05) is 24.4 Å². The molecule has 1 aliphatic rings. The average molecular weight is 414 g/mol. The van der Waals surface area contributed by atoms with Crippen LogP contribution in [-0.4, -0.2) is 35.9 Å². The fourth-order valence-electron chi connectivity index (χ4n) is 4.64. The van der Waals surface area contributed by atoms with Gasteiger partial charge in [-0.1, -0.05) is 48.5 Å². The van der Waals surface area contributed by atoms with E-state index in [4.69, 9.17) is 4.98 Å². The van der Waals surface area contributed by atoms with Gasteiger partial charge in [-0.3, -0.25) is 14.7 Å². The number of likely N-dealkylation sites (tertiary alicyclic amines) is 1. The van der Waals surface area contributed by atoms with E-state index in [0.717, 1.165) is 45.3 Å². The number of amides is 1. The zero-order chi connectivity index (χ0) is 21.5. The van der Waals surface area contributed by atoms with Gasteiger partial charge in [0.1, 0.15) is 0 Å². The zero-order valence-corrected chi connectivity index (χ0v) is 18.3. The summed E-state index contributed by atoms with van der Waals surface area (Å²) in [6, 6.07) is 25.1. The first-order valence-corrected chi connectivity index (χ1v) is 11.2. The van der Waals surface area contributed by atoms with Gasteiger partial charge < -0.3 is 5.32 Å². The van der Waals surface area contributed by atoms with Crippen LogP contribution >= 0.6 is 0 Å². The summed E-state index contributed by atoms with van der Waals surface area (Å²) in [5, 5.41) is 2.68. The molecule has 0 bridgehead atoms. The van der Waals surface area contributed by atoms with E-state index in [9.17, 15) is 4.79 Å². The fraction of sp³-hybridized carbons (Fsp3) is 0.333. The van der Waals surface area contributed by atoms with Crippen LogP contribution in [0.15, 0.2) is 79.0 Å². The number of benzene rings is 2. The number of pyridine rings is 1. The van der Waals surface area contributed by atoms with Crippen LogP contribution in [0.1, 0.15) is 46.4 Å². The minimum atomic E-state index is -0.0388. The highest BCUT2D eigenvalue weighted by molar-refractivity contribution is 5.93. The molecule has 0 saturated carbocycles. The molecule has 3 aromatic rings. The first kappa shape index (κ1) is 21.3. The predicted molar refractivity (Wildman–Crippen MR) is 125 cm³/mol. The lowest BCUT2D eigenvalue weighted by atomic mass is 9.71. The number of aryl methyl sites for hydroxylation is 1. The van der Waals surface area contributed by atoms with E-state index in [1.54, 1.807) is 7.05 Å². The van der Waals surface area contributed by atoms with Gasteiger partial charge in [-0.15, -0.1) is 0 Å². The van der Waals surface area contributed by atoms with E-state index in [1.165, 1.54) is 16.8 Å². The Hall–Kier alpha value is -2.98. The number of nitrogens with zero attached hydrogens (tertiary/aromatic N) is 2. The molecule has 1 fully saturated rings. The van der Waals surface area contributed by atoms with E-state index in [0.29, 0.717) is 5.56 Å². The molecular formula is C27H31N3O. The summed E-state index contributed by atoms with van der Waals surface area (Å²) in [5.41, 5.74) is 4.73. The smallest absolute Gasteiger partial charge is 0.251 e. The van der Waals surface area contributed by atoms with Gasteiger partial charge >= 0.3 is 0 Å². The molecule has 1 aliphatic heterocycles. The highest BCUT2D eigenvalue weighted by atomic mass is 16.1. The van der Waals surface area contributed by atoms with Crippen molar-refractivity contribution in [3.05, 3.63) is 101 Å². The molecule has 4 heteroatoms. The maximum Gasteiger partial charge on any atom is 0.251 e. The SMILES string of the molecule is CNC(=O)c1ccc(CN2CCC(CCc3ccccc3)(c3ccccn3)CC2)cc1. The van der Waals surface area contributed by atoms with Gasteiger partial charge in [0.05, 0.1) is 0 Å². The van der Waals surface area contributed by atoms with Crippen molar-refractivity contribution in [2.75, 3.05) is 20.1 Å². The number of rotatable bonds is 7. The number of hydrogen-bond donors (Lipinski definition) is 1. The summed E-state index contributed by atoms with van der Waals surface area (Å²) >= 11 is 0. The summed E-state index contributed by atoms with van der Waals surface area (Å²) in [4.78, 5) is 19.1. The Morgan fingerprint density at radius 3 is 2.29 bits per heavy atom. The molecule has 0 aliphatic carbocycles. The molecule has 4 nitrogen and oxygen atoms in total. The summed E-state index contributed by atoms with van der Waals surface area (Å²) in [5.74, 6) is -0.0388. The Morgan fingerprint density at radius 1 is 0.935 bits per heavy atom. The van der Waals surface area contributed by atoms with Crippen LogP contribution in [0.25, 0.3) is 0 Å². The van der Waals surface area contributed by atoms with E-state index >= 15 is 0 Å². The van der Waals surface area contributed by atoms with Crippen molar-refractivity contribution >= 4 is 5.91 Å². The van der Waals surface area contributed by atoms with Gasteiger partial charge in [-0.25, -0.2) is 0 Å². The topological polar surface area (TPSA) is 45.2 Å². The van der Waals surface area contributed by atoms with Gasteiger partial charge in [0, 0.05) is 36.5 Å². The quantitative estimate of drug-likeness (QED) is 0.615. The molecule has 1 N–H and O–H groups in total. The highest BCUT2D eigenvalue weighted by Gasteiger charge is 2.36. The van der Waals surface area contributed by atoms with Crippen molar-refractivity contribution in [2.24, 2.45) is 0 Å². The largest absolute Gasteiger partial charge is 0.355 e. The molecule has 160 valence electrons. The predicted octanol–water partition coefficient (Wildman–Crippen LogP) is 4.61. The Labute approximate surface area is 185 Å². The molecule has 31 heavy (non-hydrogen) atoms. The molecule has 2 aromatic carbocycles. The Morgan fingerprint density at radius 2 is 1.65 bits per heavy atom. The van der Waals surface area contributed by atoms with Gasteiger partial charge in [-0.2, -0.15) is 0 Å². The summed E-state index contributed by atoms with van der Waals surface area (Å²) in [6.07, 6.45) is 6.38. The van der Waals surface area contributed by atoms with Crippen LogP contribution < -0.4 is 5.32 Å². The highest BCUT2D eigenvalue weighted by Crippen LogP contribution is 2.39. The third-order valence-corrected chi connectivity index (χ3v) is 6.61. The molecule has 0 spiro atoms. The zero-order valence-electron chi connectivity index (χ0n) is 18.3. The fourth-order valence-corrected chi connectivity index (χ4v) is 4.64. The van der Waals surface area contributed by atoms with Gasteiger partial charge in [-0.05, 0) is 74.2 Å². The minimum Gasteiger partial charge on any atom is -0.355 e. The molecule has 1 saturated heterocycles. The van der Waals surface area contributed by atoms with Gasteiger partial charge in [0.25, 0.3) is 5.91 Å². The molecule has 0 unspecified atom stereocenters. The number of piperidine rings is 1. The van der Waals surface area contributed by atoms with E-state index in [2.05, 4.69) is 64.8 Å². The lowest BCUT2D eigenvalue weighted by Gasteiger charge is -2.42. The second kappa shape index (κ2) is 9.88. The van der Waals surface area contributed by atoms with Crippen molar-refractivity contribution in [1.29, 1.82) is 0 Å². The standard InChI is InChI=1S/C27H31N3O/c1-28-26(31)24-12-10-23(11-13-24)21-30-19-16-27(17-20-30,25-9-5-6-18-29-25)15-14-22-7-3-2-4-8-22/h2-13,18H,14-17,19-21H2,1H3,(H,28,31). The molecular weight excluding hydrogens is 382 g/mol. The second-order valence-electron chi connectivity index (χ2n) is 8.53. The normalized spacial score (nSPS) is 16.0. The minimum absolute atomic E-state index is 0.0388. The summed E-state index contributed by atoms with van der Waals surface area (Å²) in [7, 11) is 1.66. The lowest BCUT2D eigenvalue weighted by Crippen LogP contribution is -2.43. The third kappa shape index (κ3) is 5.20. The van der Waals surface area contributed by atoms with Crippen molar-refractivity contribution in [3.8, 4) is 0 Å². The van der Waals surface area contributed by atoms with Crippen molar-refractivity contribution < 1.29 is 4.79 Å². The van der Waals surface area contributed by atoms with Gasteiger partial charge in [0.15, 0.2) is 0 Å². The Balaban J connectivity index is 1.42. The first-order valence-electron chi connectivity index (χ1n) is 11.2. The van der Waals surface area contributed by atoms with Crippen molar-refractivity contribution in [1.82, 2.24) is 15.2 Å². The summed E-state index contributed by atoms with van der Waals surface area (Å²) < 4.78 is 0. The third-order valence-electron chi connectivity index (χ3n) is 6.61. The van der Waals surface area contributed by atoms with Crippen molar-refractivity contribution in [2.45, 2.75) is 37.6 Å². The van der Waals surface area contributed by atoms with Crippen LogP contribution in [-0.2, 0) is 18.4 Å². The summed E-state index contributed by atoms with van der Waals surface area (Å²) in [6.45, 7) is 3.04. The number of hydrogen-bond acceptors (Lipinski definition) is 3. The Kier molecular flexibility index (Phi) is 6.78. The molecule has 1 amide bonds. The van der Waals surface area contributed by atoms with Crippen LogP contribution in [0.3, 0.4) is 0 Å². The maximum atomic E-state index is 11.8. The molecule has 0 radical (unpaired) electrons. The number of carbonyl (C=O) groups excluding carboxylic acids is 1. The monoisotopic (exact) mass is 413 g/mol. The lowest BCUT2D eigenvalue weighted by molar-refractivity contribution is 0.0963. The average Bonchev–Trinajstić information content (AvgIpc) is 2.85.